The molecule has 0 spiro atoms. The Morgan fingerprint density at radius 2 is 1.62 bits per heavy atom. The predicted octanol–water partition coefficient (Wildman–Crippen LogP) is 8.47. The summed E-state index contributed by atoms with van der Waals surface area (Å²) in [5.74, 6) is -1.25. The molecule has 0 amide bonds. The fraction of sp³-hybridized carbons (Fsp3) is 0.778. The van der Waals surface area contributed by atoms with Crippen LogP contribution < -0.4 is 0 Å². The average Bonchev–Trinajstić information content (AvgIpc) is 2.80. The monoisotopic (exact) mass is 458 g/mol. The molecule has 1 aliphatic carbocycles. The third-order valence-corrected chi connectivity index (χ3v) is 5.84. The standard InChI is InChI=1S/C24H40F2O3.C3H8/c1-7-9-10-20-11-13-21(14-12-20)29-16-18(4)28-15-17(3)22(8-2)24(26)23(25)19(5)27-6;1-3-2/h7,17-18,20-21H,1,8-16H2,2-6H3;3H2,1-2H3/b23-19-,24-22-;. The summed E-state index contributed by atoms with van der Waals surface area (Å²) in [7, 11) is 1.33. The van der Waals surface area contributed by atoms with Gasteiger partial charge in [0.15, 0.2) is 11.7 Å². The molecular formula is C27H48F2O3. The summed E-state index contributed by atoms with van der Waals surface area (Å²) >= 11 is 0. The largest absolute Gasteiger partial charge is 0.498 e. The summed E-state index contributed by atoms with van der Waals surface area (Å²) in [6, 6.07) is 0. The lowest BCUT2D eigenvalue weighted by Crippen LogP contribution is -2.27. The Morgan fingerprint density at radius 1 is 1.03 bits per heavy atom. The first kappa shape index (κ1) is 30.8. The molecule has 0 radical (unpaired) electrons. The first-order valence-corrected chi connectivity index (χ1v) is 12.4. The molecule has 0 aromatic carbocycles. The van der Waals surface area contributed by atoms with Gasteiger partial charge in [0.25, 0.3) is 0 Å². The van der Waals surface area contributed by atoms with Crippen LogP contribution in [0.25, 0.3) is 0 Å². The van der Waals surface area contributed by atoms with E-state index in [-0.39, 0.29) is 17.8 Å². The molecule has 188 valence electrons. The van der Waals surface area contributed by atoms with Crippen molar-refractivity contribution in [3.05, 3.63) is 35.6 Å². The van der Waals surface area contributed by atoms with E-state index in [9.17, 15) is 8.78 Å². The van der Waals surface area contributed by atoms with Gasteiger partial charge < -0.3 is 14.2 Å². The van der Waals surface area contributed by atoms with E-state index in [0.717, 1.165) is 25.2 Å². The van der Waals surface area contributed by atoms with Gasteiger partial charge in [-0.3, -0.25) is 0 Å². The fourth-order valence-electron chi connectivity index (χ4n) is 3.77. The van der Waals surface area contributed by atoms with Gasteiger partial charge >= 0.3 is 0 Å². The SMILES string of the molecule is C=CCCC1CCC(OCC(C)OCC(C)/C(CC)=C(F)/C(F)=C(\C)OC)CC1.CCC. The predicted molar refractivity (Wildman–Crippen MR) is 131 cm³/mol. The van der Waals surface area contributed by atoms with E-state index in [1.807, 2.05) is 26.8 Å². The van der Waals surface area contributed by atoms with Crippen LogP contribution in [-0.4, -0.2) is 32.5 Å². The lowest BCUT2D eigenvalue weighted by atomic mass is 9.84. The highest BCUT2D eigenvalue weighted by molar-refractivity contribution is 5.28. The van der Waals surface area contributed by atoms with Crippen LogP contribution in [0.4, 0.5) is 8.78 Å². The third kappa shape index (κ3) is 12.2. The maximum absolute atomic E-state index is 14.5. The summed E-state index contributed by atoms with van der Waals surface area (Å²) in [5, 5.41) is 0. The number of rotatable bonds is 13. The number of hydrogen-bond acceptors (Lipinski definition) is 3. The Morgan fingerprint density at radius 3 is 2.12 bits per heavy atom. The van der Waals surface area contributed by atoms with Crippen molar-refractivity contribution in [3.63, 3.8) is 0 Å². The minimum Gasteiger partial charge on any atom is -0.498 e. The molecule has 1 aliphatic rings. The first-order valence-electron chi connectivity index (χ1n) is 12.4. The molecule has 0 aromatic rings. The van der Waals surface area contributed by atoms with Crippen LogP contribution >= 0.6 is 0 Å². The molecule has 5 heteroatoms. The second kappa shape index (κ2) is 18.3. The first-order chi connectivity index (χ1) is 15.2. The molecule has 2 atom stereocenters. The molecular weight excluding hydrogens is 410 g/mol. The Kier molecular flexibility index (Phi) is 17.6. The topological polar surface area (TPSA) is 27.7 Å². The van der Waals surface area contributed by atoms with Crippen molar-refractivity contribution in [1.82, 2.24) is 0 Å². The lowest BCUT2D eigenvalue weighted by molar-refractivity contribution is -0.0548. The number of hydrogen-bond donors (Lipinski definition) is 0. The van der Waals surface area contributed by atoms with Gasteiger partial charge in [0.1, 0.15) is 5.76 Å². The highest BCUT2D eigenvalue weighted by Crippen LogP contribution is 2.30. The van der Waals surface area contributed by atoms with Crippen molar-refractivity contribution in [1.29, 1.82) is 0 Å². The Bertz CT molecular complexity index is 563. The smallest absolute Gasteiger partial charge is 0.195 e. The van der Waals surface area contributed by atoms with Gasteiger partial charge in [-0.2, -0.15) is 0 Å². The van der Waals surface area contributed by atoms with Crippen LogP contribution in [0.2, 0.25) is 0 Å². The summed E-state index contributed by atoms with van der Waals surface area (Å²) in [5.41, 5.74) is 0.407. The number of halogens is 2. The van der Waals surface area contributed by atoms with Gasteiger partial charge in [-0.25, -0.2) is 8.78 Å². The van der Waals surface area contributed by atoms with E-state index >= 15 is 0 Å². The molecule has 3 nitrogen and oxygen atoms in total. The number of ether oxygens (including phenoxy) is 3. The van der Waals surface area contributed by atoms with Crippen molar-refractivity contribution in [3.8, 4) is 0 Å². The number of allylic oxidation sites excluding steroid dienone is 4. The van der Waals surface area contributed by atoms with Gasteiger partial charge in [-0.05, 0) is 70.3 Å². The van der Waals surface area contributed by atoms with E-state index in [0.29, 0.717) is 31.3 Å². The van der Waals surface area contributed by atoms with Crippen molar-refractivity contribution in [2.45, 2.75) is 105 Å². The van der Waals surface area contributed by atoms with Crippen molar-refractivity contribution >= 4 is 0 Å². The molecule has 32 heavy (non-hydrogen) atoms. The second-order valence-electron chi connectivity index (χ2n) is 8.86. The summed E-state index contributed by atoms with van der Waals surface area (Å²) < 4.78 is 45.2. The van der Waals surface area contributed by atoms with E-state index < -0.39 is 11.7 Å². The highest BCUT2D eigenvalue weighted by Gasteiger charge is 2.23. The maximum Gasteiger partial charge on any atom is 0.195 e. The van der Waals surface area contributed by atoms with Crippen molar-refractivity contribution < 1.29 is 23.0 Å². The molecule has 1 fully saturated rings. The van der Waals surface area contributed by atoms with Crippen LogP contribution in [0.3, 0.4) is 0 Å². The maximum atomic E-state index is 14.5. The second-order valence-corrected chi connectivity index (χ2v) is 8.86. The van der Waals surface area contributed by atoms with Gasteiger partial charge in [0.05, 0.1) is 32.5 Å². The van der Waals surface area contributed by atoms with Gasteiger partial charge in [-0.15, -0.1) is 6.58 Å². The highest BCUT2D eigenvalue weighted by atomic mass is 19.2. The van der Waals surface area contributed by atoms with E-state index in [1.54, 1.807) is 0 Å². The molecule has 1 saturated carbocycles. The molecule has 1 rings (SSSR count). The quantitative estimate of drug-likeness (QED) is 0.157. The van der Waals surface area contributed by atoms with Crippen LogP contribution in [0.1, 0.15) is 92.9 Å². The van der Waals surface area contributed by atoms with Crippen molar-refractivity contribution in [2.75, 3.05) is 20.3 Å². The van der Waals surface area contributed by atoms with Crippen LogP contribution in [0.5, 0.6) is 0 Å². The molecule has 0 saturated heterocycles. The minimum absolute atomic E-state index is 0.0532. The van der Waals surface area contributed by atoms with Crippen LogP contribution in [0, 0.1) is 11.8 Å². The van der Waals surface area contributed by atoms with Gasteiger partial charge in [0, 0.05) is 5.92 Å². The number of methoxy groups -OCH3 is 1. The zero-order valence-electron chi connectivity index (χ0n) is 21.6. The summed E-state index contributed by atoms with van der Waals surface area (Å²) in [4.78, 5) is 0. The van der Waals surface area contributed by atoms with Crippen LogP contribution in [0.15, 0.2) is 35.6 Å². The molecule has 2 unspecified atom stereocenters. The zero-order chi connectivity index (χ0) is 24.5. The Balaban J connectivity index is 0.00000302. The summed E-state index contributed by atoms with van der Waals surface area (Å²) in [6.45, 7) is 15.9. The molecule has 0 heterocycles. The average molecular weight is 459 g/mol. The third-order valence-electron chi connectivity index (χ3n) is 5.84. The lowest BCUT2D eigenvalue weighted by Gasteiger charge is -2.29. The Labute approximate surface area is 196 Å². The Hall–Kier alpha value is -1.20. The molecule has 0 aromatic heterocycles. The summed E-state index contributed by atoms with van der Waals surface area (Å²) in [6.07, 6.45) is 10.8. The molecule has 0 bridgehead atoms. The molecule has 0 aliphatic heterocycles. The van der Waals surface area contributed by atoms with E-state index in [4.69, 9.17) is 14.2 Å². The molecule has 0 N–H and O–H groups in total. The zero-order valence-corrected chi connectivity index (χ0v) is 21.6. The van der Waals surface area contributed by atoms with Crippen molar-refractivity contribution in [2.24, 2.45) is 11.8 Å². The van der Waals surface area contributed by atoms with E-state index in [1.165, 1.54) is 39.7 Å². The normalized spacial score (nSPS) is 22.0. The van der Waals surface area contributed by atoms with Crippen LogP contribution in [-0.2, 0) is 14.2 Å². The minimum atomic E-state index is -0.934. The van der Waals surface area contributed by atoms with E-state index in [2.05, 4.69) is 20.4 Å². The van der Waals surface area contributed by atoms with Gasteiger partial charge in [0.2, 0.25) is 0 Å². The van der Waals surface area contributed by atoms with Gasteiger partial charge in [-0.1, -0.05) is 40.2 Å². The fourth-order valence-corrected chi connectivity index (χ4v) is 3.77.